The SMILES string of the molecule is CCCC1CCN(C(=O)N[C@@H](CC(=O)OC)C(=O)O)C1. The van der Waals surface area contributed by atoms with Crippen molar-refractivity contribution < 1.29 is 24.2 Å². The first-order valence-corrected chi connectivity index (χ1v) is 6.83. The van der Waals surface area contributed by atoms with Gasteiger partial charge in [-0.2, -0.15) is 0 Å². The topological polar surface area (TPSA) is 95.9 Å². The average Bonchev–Trinajstić information content (AvgIpc) is 2.86. The third-order valence-corrected chi connectivity index (χ3v) is 3.46. The predicted octanol–water partition coefficient (Wildman–Crippen LogP) is 0.834. The lowest BCUT2D eigenvalue weighted by Crippen LogP contribution is -2.48. The van der Waals surface area contributed by atoms with Crippen LogP contribution in [0.5, 0.6) is 0 Å². The molecule has 1 aliphatic rings. The van der Waals surface area contributed by atoms with E-state index >= 15 is 0 Å². The van der Waals surface area contributed by atoms with Gasteiger partial charge in [0.15, 0.2) is 0 Å². The number of methoxy groups -OCH3 is 1. The fourth-order valence-electron chi connectivity index (χ4n) is 2.35. The molecule has 0 saturated carbocycles. The number of rotatable bonds is 6. The quantitative estimate of drug-likeness (QED) is 0.705. The highest BCUT2D eigenvalue weighted by atomic mass is 16.5. The number of amides is 2. The monoisotopic (exact) mass is 286 g/mol. The molecule has 0 spiro atoms. The molecule has 1 unspecified atom stereocenters. The van der Waals surface area contributed by atoms with Crippen molar-refractivity contribution in [1.29, 1.82) is 0 Å². The maximum absolute atomic E-state index is 12.0. The maximum atomic E-state index is 12.0. The van der Waals surface area contributed by atoms with Gasteiger partial charge in [0, 0.05) is 13.1 Å². The number of urea groups is 1. The molecule has 2 atom stereocenters. The lowest BCUT2D eigenvalue weighted by molar-refractivity contribution is -0.147. The van der Waals surface area contributed by atoms with E-state index in [-0.39, 0.29) is 6.42 Å². The van der Waals surface area contributed by atoms with Crippen LogP contribution in [0.25, 0.3) is 0 Å². The Morgan fingerprint density at radius 2 is 2.15 bits per heavy atom. The lowest BCUT2D eigenvalue weighted by atomic mass is 10.0. The highest BCUT2D eigenvalue weighted by Crippen LogP contribution is 2.20. The fraction of sp³-hybridized carbons (Fsp3) is 0.769. The fourth-order valence-corrected chi connectivity index (χ4v) is 2.35. The Bertz CT molecular complexity index is 372. The lowest BCUT2D eigenvalue weighted by Gasteiger charge is -2.20. The van der Waals surface area contributed by atoms with Gasteiger partial charge in [0.1, 0.15) is 6.04 Å². The highest BCUT2D eigenvalue weighted by Gasteiger charge is 2.29. The van der Waals surface area contributed by atoms with Crippen LogP contribution in [0.15, 0.2) is 0 Å². The van der Waals surface area contributed by atoms with E-state index in [4.69, 9.17) is 5.11 Å². The van der Waals surface area contributed by atoms with Crippen molar-refractivity contribution in [3.05, 3.63) is 0 Å². The van der Waals surface area contributed by atoms with Gasteiger partial charge in [0.2, 0.25) is 0 Å². The van der Waals surface area contributed by atoms with E-state index in [9.17, 15) is 14.4 Å². The summed E-state index contributed by atoms with van der Waals surface area (Å²) in [6.07, 6.45) is 2.70. The summed E-state index contributed by atoms with van der Waals surface area (Å²) in [4.78, 5) is 35.7. The number of carbonyl (C=O) groups excluding carboxylic acids is 2. The van der Waals surface area contributed by atoms with Gasteiger partial charge >= 0.3 is 18.0 Å². The van der Waals surface area contributed by atoms with Crippen LogP contribution in [-0.2, 0) is 14.3 Å². The number of esters is 1. The minimum atomic E-state index is -1.25. The number of likely N-dealkylation sites (tertiary alicyclic amines) is 1. The van der Waals surface area contributed by atoms with Crippen LogP contribution in [0.4, 0.5) is 4.79 Å². The van der Waals surface area contributed by atoms with Crippen molar-refractivity contribution in [3.8, 4) is 0 Å². The van der Waals surface area contributed by atoms with Crippen LogP contribution in [0.1, 0.15) is 32.6 Å². The second-order valence-corrected chi connectivity index (χ2v) is 5.01. The van der Waals surface area contributed by atoms with Gasteiger partial charge in [-0.25, -0.2) is 9.59 Å². The molecular weight excluding hydrogens is 264 g/mol. The Kier molecular flexibility index (Phi) is 6.27. The summed E-state index contributed by atoms with van der Waals surface area (Å²) < 4.78 is 4.42. The van der Waals surface area contributed by atoms with Gasteiger partial charge in [0.05, 0.1) is 13.5 Å². The van der Waals surface area contributed by atoms with Crippen LogP contribution in [0.2, 0.25) is 0 Å². The largest absolute Gasteiger partial charge is 0.480 e. The third kappa shape index (κ3) is 4.71. The van der Waals surface area contributed by atoms with E-state index < -0.39 is 24.0 Å². The molecule has 0 aromatic carbocycles. The summed E-state index contributed by atoms with van der Waals surface area (Å²) in [5.74, 6) is -1.43. The predicted molar refractivity (Wildman–Crippen MR) is 71.2 cm³/mol. The first kappa shape index (κ1) is 16.3. The summed E-state index contributed by atoms with van der Waals surface area (Å²) in [6.45, 7) is 3.37. The van der Waals surface area contributed by atoms with Crippen molar-refractivity contribution in [1.82, 2.24) is 10.2 Å². The van der Waals surface area contributed by atoms with E-state index in [1.807, 2.05) is 0 Å². The molecule has 2 N–H and O–H groups in total. The molecule has 1 saturated heterocycles. The second-order valence-electron chi connectivity index (χ2n) is 5.01. The minimum absolute atomic E-state index is 0.371. The van der Waals surface area contributed by atoms with E-state index in [2.05, 4.69) is 17.0 Å². The normalized spacial score (nSPS) is 19.5. The number of carbonyl (C=O) groups is 3. The number of hydrogen-bond acceptors (Lipinski definition) is 4. The molecular formula is C13H22N2O5. The molecule has 20 heavy (non-hydrogen) atoms. The molecule has 7 heteroatoms. The van der Waals surface area contributed by atoms with Crippen molar-refractivity contribution in [2.75, 3.05) is 20.2 Å². The number of aliphatic carboxylic acids is 1. The maximum Gasteiger partial charge on any atom is 0.326 e. The molecule has 114 valence electrons. The van der Waals surface area contributed by atoms with E-state index in [0.717, 1.165) is 19.3 Å². The van der Waals surface area contributed by atoms with Gasteiger partial charge in [-0.15, -0.1) is 0 Å². The van der Waals surface area contributed by atoms with Crippen molar-refractivity contribution >= 4 is 18.0 Å². The third-order valence-electron chi connectivity index (χ3n) is 3.46. The van der Waals surface area contributed by atoms with E-state index in [1.54, 1.807) is 4.90 Å². The van der Waals surface area contributed by atoms with Crippen molar-refractivity contribution in [2.45, 2.75) is 38.6 Å². The summed E-state index contributed by atoms with van der Waals surface area (Å²) in [7, 11) is 1.18. The van der Waals surface area contributed by atoms with Crippen LogP contribution in [-0.4, -0.2) is 54.2 Å². The Balaban J connectivity index is 2.50. The van der Waals surface area contributed by atoms with Gasteiger partial charge < -0.3 is 20.1 Å². The van der Waals surface area contributed by atoms with Crippen LogP contribution >= 0.6 is 0 Å². The molecule has 0 aromatic heterocycles. The van der Waals surface area contributed by atoms with Gasteiger partial charge in [0.25, 0.3) is 0 Å². The Morgan fingerprint density at radius 3 is 2.70 bits per heavy atom. The number of nitrogens with one attached hydrogen (secondary N) is 1. The molecule has 0 aromatic rings. The second kappa shape index (κ2) is 7.72. The number of carboxylic acid groups (broad SMARTS) is 1. The van der Waals surface area contributed by atoms with Crippen molar-refractivity contribution in [2.24, 2.45) is 5.92 Å². The smallest absolute Gasteiger partial charge is 0.326 e. The van der Waals surface area contributed by atoms with Gasteiger partial charge in [-0.3, -0.25) is 4.79 Å². The summed E-state index contributed by atoms with van der Waals surface area (Å²) in [6, 6.07) is -1.68. The minimum Gasteiger partial charge on any atom is -0.480 e. The van der Waals surface area contributed by atoms with E-state index in [0.29, 0.717) is 19.0 Å². The number of ether oxygens (including phenoxy) is 1. The molecule has 7 nitrogen and oxygen atoms in total. The Labute approximate surface area is 118 Å². The Hall–Kier alpha value is -1.79. The number of nitrogens with zero attached hydrogens (tertiary/aromatic N) is 1. The molecule has 0 bridgehead atoms. The number of carboxylic acids is 1. The highest BCUT2D eigenvalue weighted by molar-refractivity contribution is 5.86. The standard InChI is InChI=1S/C13H22N2O5/c1-3-4-9-5-6-15(8-9)13(19)14-10(12(17)18)7-11(16)20-2/h9-10H,3-8H2,1-2H3,(H,14,19)(H,17,18)/t9?,10-/m0/s1. The molecule has 1 fully saturated rings. The first-order chi connectivity index (χ1) is 9.47. The van der Waals surface area contributed by atoms with E-state index in [1.165, 1.54) is 7.11 Å². The number of hydrogen-bond donors (Lipinski definition) is 2. The van der Waals surface area contributed by atoms with Crippen LogP contribution in [0.3, 0.4) is 0 Å². The molecule has 2 amide bonds. The zero-order valence-corrected chi connectivity index (χ0v) is 11.9. The average molecular weight is 286 g/mol. The van der Waals surface area contributed by atoms with Crippen molar-refractivity contribution in [3.63, 3.8) is 0 Å². The molecule has 0 aliphatic carbocycles. The zero-order chi connectivity index (χ0) is 15.1. The van der Waals surface area contributed by atoms with Crippen LogP contribution < -0.4 is 5.32 Å². The molecule has 0 radical (unpaired) electrons. The zero-order valence-electron chi connectivity index (χ0n) is 11.9. The van der Waals surface area contributed by atoms with Gasteiger partial charge in [-0.1, -0.05) is 13.3 Å². The Morgan fingerprint density at radius 1 is 1.45 bits per heavy atom. The molecule has 1 heterocycles. The van der Waals surface area contributed by atoms with Gasteiger partial charge in [-0.05, 0) is 18.8 Å². The summed E-state index contributed by atoms with van der Waals surface area (Å²) in [5.41, 5.74) is 0. The first-order valence-electron chi connectivity index (χ1n) is 6.83. The summed E-state index contributed by atoms with van der Waals surface area (Å²) in [5, 5.41) is 11.4. The molecule has 1 rings (SSSR count). The molecule has 1 aliphatic heterocycles. The summed E-state index contributed by atoms with van der Waals surface area (Å²) >= 11 is 0. The van der Waals surface area contributed by atoms with Crippen LogP contribution in [0, 0.1) is 5.92 Å².